The van der Waals surface area contributed by atoms with Gasteiger partial charge in [0.15, 0.2) is 0 Å². The zero-order chi connectivity index (χ0) is 9.31. The van der Waals surface area contributed by atoms with Gasteiger partial charge >= 0.3 is 0 Å². The lowest BCUT2D eigenvalue weighted by molar-refractivity contribution is -0.0410. The highest BCUT2D eigenvalue weighted by atomic mass is 16.3. The Morgan fingerprint density at radius 1 is 1.38 bits per heavy atom. The van der Waals surface area contributed by atoms with E-state index in [2.05, 4.69) is 10.4 Å². The molecule has 1 saturated heterocycles. The van der Waals surface area contributed by atoms with Crippen molar-refractivity contribution in [3.8, 4) is 0 Å². The highest BCUT2D eigenvalue weighted by molar-refractivity contribution is 4.94. The molecule has 2 atom stereocenters. The molecular weight excluding hydrogens is 164 g/mol. The van der Waals surface area contributed by atoms with Gasteiger partial charge in [-0.25, -0.2) is 5.01 Å². The zero-order valence-electron chi connectivity index (χ0n) is 8.42. The average Bonchev–Trinajstić information content (AvgIpc) is 2.47. The molecule has 2 N–H and O–H groups in total. The summed E-state index contributed by atoms with van der Waals surface area (Å²) in [5, 5.41) is 12.4. The maximum Gasteiger partial charge on any atom is 0.0788 e. The van der Waals surface area contributed by atoms with Crippen LogP contribution in [0.1, 0.15) is 39.0 Å². The summed E-state index contributed by atoms with van der Waals surface area (Å²) in [5.74, 6) is 0. The molecule has 1 saturated carbocycles. The molecule has 0 amide bonds. The normalized spacial score (nSPS) is 42.5. The van der Waals surface area contributed by atoms with E-state index in [1.165, 1.54) is 12.8 Å². The lowest BCUT2D eigenvalue weighted by atomic mass is 9.99. The van der Waals surface area contributed by atoms with E-state index < -0.39 is 5.60 Å². The minimum atomic E-state index is -0.468. The van der Waals surface area contributed by atoms with Crippen LogP contribution in [0.3, 0.4) is 0 Å². The molecule has 3 nitrogen and oxygen atoms in total. The van der Waals surface area contributed by atoms with Crippen LogP contribution in [0, 0.1) is 0 Å². The summed E-state index contributed by atoms with van der Waals surface area (Å²) in [5.41, 5.74) is 2.92. The number of hydrogen-bond donors (Lipinski definition) is 2. The van der Waals surface area contributed by atoms with Crippen LogP contribution in [0.5, 0.6) is 0 Å². The van der Waals surface area contributed by atoms with Crippen LogP contribution < -0.4 is 5.43 Å². The van der Waals surface area contributed by atoms with Crippen molar-refractivity contribution < 1.29 is 5.11 Å². The Hall–Kier alpha value is -0.120. The fourth-order valence-electron chi connectivity index (χ4n) is 2.60. The summed E-state index contributed by atoms with van der Waals surface area (Å²) >= 11 is 0. The van der Waals surface area contributed by atoms with Crippen molar-refractivity contribution in [2.75, 3.05) is 13.1 Å². The smallest absolute Gasteiger partial charge is 0.0788 e. The molecule has 0 bridgehead atoms. The second kappa shape index (κ2) is 3.56. The summed E-state index contributed by atoms with van der Waals surface area (Å²) < 4.78 is 0. The van der Waals surface area contributed by atoms with E-state index in [1.807, 2.05) is 6.92 Å². The number of hydrogen-bond acceptors (Lipinski definition) is 3. The SMILES string of the molecule is CC1(O)CCCC1N1CCCCN1. The summed E-state index contributed by atoms with van der Waals surface area (Å²) in [6, 6.07) is 0.341. The van der Waals surface area contributed by atoms with Gasteiger partial charge < -0.3 is 5.11 Å². The fraction of sp³-hybridized carbons (Fsp3) is 1.00. The highest BCUT2D eigenvalue weighted by Gasteiger charge is 2.40. The van der Waals surface area contributed by atoms with E-state index in [1.54, 1.807) is 0 Å². The standard InChI is InChI=1S/C10H20N2O/c1-10(13)6-4-5-9(10)12-8-3-2-7-11-12/h9,11,13H,2-8H2,1H3. The molecule has 0 aromatic rings. The summed E-state index contributed by atoms with van der Waals surface area (Å²) in [4.78, 5) is 0. The predicted molar refractivity (Wildman–Crippen MR) is 52.2 cm³/mol. The lowest BCUT2D eigenvalue weighted by Gasteiger charge is -2.38. The van der Waals surface area contributed by atoms with Crippen LogP contribution in [-0.4, -0.2) is 34.8 Å². The second-order valence-corrected chi connectivity index (χ2v) is 4.57. The van der Waals surface area contributed by atoms with Crippen molar-refractivity contribution in [3.63, 3.8) is 0 Å². The Morgan fingerprint density at radius 3 is 2.77 bits per heavy atom. The molecule has 1 heterocycles. The summed E-state index contributed by atoms with van der Waals surface area (Å²) in [6.45, 7) is 4.15. The van der Waals surface area contributed by atoms with Crippen LogP contribution in [-0.2, 0) is 0 Å². The monoisotopic (exact) mass is 184 g/mol. The fourth-order valence-corrected chi connectivity index (χ4v) is 2.60. The van der Waals surface area contributed by atoms with Crippen molar-refractivity contribution in [2.24, 2.45) is 0 Å². The van der Waals surface area contributed by atoms with Crippen LogP contribution in [0.4, 0.5) is 0 Å². The molecule has 3 heteroatoms. The number of aliphatic hydroxyl groups is 1. The van der Waals surface area contributed by atoms with Crippen LogP contribution in [0.15, 0.2) is 0 Å². The molecule has 2 rings (SSSR count). The molecule has 0 radical (unpaired) electrons. The second-order valence-electron chi connectivity index (χ2n) is 4.57. The molecule has 76 valence electrons. The van der Waals surface area contributed by atoms with E-state index in [4.69, 9.17) is 0 Å². The molecule has 0 aromatic heterocycles. The first-order chi connectivity index (χ1) is 6.20. The maximum atomic E-state index is 10.1. The Morgan fingerprint density at radius 2 is 2.23 bits per heavy atom. The highest BCUT2D eigenvalue weighted by Crippen LogP contribution is 2.33. The number of nitrogens with one attached hydrogen (secondary N) is 1. The Labute approximate surface area is 80.1 Å². The molecule has 1 aliphatic heterocycles. The molecule has 0 spiro atoms. The van der Waals surface area contributed by atoms with Gasteiger partial charge in [0.2, 0.25) is 0 Å². The zero-order valence-corrected chi connectivity index (χ0v) is 8.42. The maximum absolute atomic E-state index is 10.1. The van der Waals surface area contributed by atoms with Gasteiger partial charge in [-0.1, -0.05) is 0 Å². The van der Waals surface area contributed by atoms with Crippen LogP contribution in [0.25, 0.3) is 0 Å². The molecule has 2 unspecified atom stereocenters. The van der Waals surface area contributed by atoms with Gasteiger partial charge in [0.25, 0.3) is 0 Å². The van der Waals surface area contributed by atoms with E-state index in [0.717, 1.165) is 32.4 Å². The van der Waals surface area contributed by atoms with Gasteiger partial charge in [-0.2, -0.15) is 0 Å². The Kier molecular flexibility index (Phi) is 2.58. The number of hydrazine groups is 1. The largest absolute Gasteiger partial charge is 0.388 e. The van der Waals surface area contributed by atoms with Crippen molar-refractivity contribution >= 4 is 0 Å². The topological polar surface area (TPSA) is 35.5 Å². The number of nitrogens with zero attached hydrogens (tertiary/aromatic N) is 1. The van der Waals surface area contributed by atoms with Crippen molar-refractivity contribution in [3.05, 3.63) is 0 Å². The Bertz CT molecular complexity index is 176. The summed E-state index contributed by atoms with van der Waals surface area (Å²) in [7, 11) is 0. The third-order valence-electron chi connectivity index (χ3n) is 3.40. The van der Waals surface area contributed by atoms with E-state index in [-0.39, 0.29) is 0 Å². The third-order valence-corrected chi connectivity index (χ3v) is 3.40. The third kappa shape index (κ3) is 1.87. The summed E-state index contributed by atoms with van der Waals surface area (Å²) in [6.07, 6.45) is 5.79. The van der Waals surface area contributed by atoms with Gasteiger partial charge in [0.1, 0.15) is 0 Å². The molecule has 2 fully saturated rings. The predicted octanol–water partition coefficient (Wildman–Crippen LogP) is 0.890. The average molecular weight is 184 g/mol. The minimum Gasteiger partial charge on any atom is -0.388 e. The Balaban J connectivity index is 1.98. The van der Waals surface area contributed by atoms with Crippen molar-refractivity contribution in [1.82, 2.24) is 10.4 Å². The quantitative estimate of drug-likeness (QED) is 0.635. The van der Waals surface area contributed by atoms with Gasteiger partial charge in [-0.05, 0) is 39.0 Å². The van der Waals surface area contributed by atoms with Crippen molar-refractivity contribution in [1.29, 1.82) is 0 Å². The lowest BCUT2D eigenvalue weighted by Crippen LogP contribution is -2.55. The molecule has 2 aliphatic rings. The van der Waals surface area contributed by atoms with Crippen molar-refractivity contribution in [2.45, 2.75) is 50.7 Å². The van der Waals surface area contributed by atoms with Gasteiger partial charge in [0.05, 0.1) is 11.6 Å². The molecule has 13 heavy (non-hydrogen) atoms. The minimum absolute atomic E-state index is 0.341. The van der Waals surface area contributed by atoms with E-state index >= 15 is 0 Å². The van der Waals surface area contributed by atoms with Gasteiger partial charge in [0, 0.05) is 13.1 Å². The first kappa shape index (κ1) is 9.44. The van der Waals surface area contributed by atoms with Gasteiger partial charge in [-0.15, -0.1) is 0 Å². The molecule has 1 aliphatic carbocycles. The van der Waals surface area contributed by atoms with E-state index in [9.17, 15) is 5.11 Å². The molecular formula is C10H20N2O. The number of rotatable bonds is 1. The first-order valence-corrected chi connectivity index (χ1v) is 5.43. The van der Waals surface area contributed by atoms with Gasteiger partial charge in [-0.3, -0.25) is 5.43 Å². The van der Waals surface area contributed by atoms with E-state index in [0.29, 0.717) is 6.04 Å². The molecule has 0 aromatic carbocycles. The van der Waals surface area contributed by atoms with Crippen LogP contribution >= 0.6 is 0 Å². The van der Waals surface area contributed by atoms with Crippen LogP contribution in [0.2, 0.25) is 0 Å². The first-order valence-electron chi connectivity index (χ1n) is 5.43.